The Morgan fingerprint density at radius 3 is 1.96 bits per heavy atom. The zero-order valence-electron chi connectivity index (χ0n) is 16.6. The molecule has 2 N–H and O–H groups in total. The third-order valence-electron chi connectivity index (χ3n) is 5.01. The summed E-state index contributed by atoms with van der Waals surface area (Å²) in [4.78, 5) is 2.39. The smallest absolute Gasteiger partial charge is 0.123 e. The van der Waals surface area contributed by atoms with Gasteiger partial charge in [0.1, 0.15) is 5.75 Å². The maximum Gasteiger partial charge on any atom is 0.123 e. The fourth-order valence-electron chi connectivity index (χ4n) is 3.53. The highest BCUT2D eigenvalue weighted by Gasteiger charge is 2.30. The van der Waals surface area contributed by atoms with Crippen molar-refractivity contribution in [3.8, 4) is 11.8 Å². The van der Waals surface area contributed by atoms with Gasteiger partial charge >= 0.3 is 0 Å². The second kappa shape index (κ2) is 7.35. The summed E-state index contributed by atoms with van der Waals surface area (Å²) in [5.41, 5.74) is 2.78. The normalized spacial score (nSPS) is 18.0. The van der Waals surface area contributed by atoms with Crippen molar-refractivity contribution in [2.45, 2.75) is 64.8 Å². The molecule has 0 aromatic heterocycles. The summed E-state index contributed by atoms with van der Waals surface area (Å²) in [5.74, 6) is 0.403. The van der Waals surface area contributed by atoms with Gasteiger partial charge in [-0.05, 0) is 39.7 Å². The van der Waals surface area contributed by atoms with E-state index >= 15 is 0 Å². The number of benzene rings is 1. The van der Waals surface area contributed by atoms with Crippen molar-refractivity contribution in [1.82, 2.24) is 10.2 Å². The van der Waals surface area contributed by atoms with Crippen LogP contribution in [-0.2, 0) is 10.8 Å². The zero-order chi connectivity index (χ0) is 18.8. The number of nitriles is 1. The monoisotopic (exact) mass is 343 g/mol. The Bertz CT molecular complexity index is 606. The van der Waals surface area contributed by atoms with E-state index in [0.29, 0.717) is 12.2 Å². The van der Waals surface area contributed by atoms with Crippen LogP contribution < -0.4 is 5.32 Å². The Balaban J connectivity index is 2.59. The number of rotatable bonds is 3. The van der Waals surface area contributed by atoms with Crippen LogP contribution in [0.2, 0.25) is 0 Å². The van der Waals surface area contributed by atoms with Crippen molar-refractivity contribution < 1.29 is 5.11 Å². The minimum absolute atomic E-state index is 0.0786. The number of phenolic OH excluding ortho intramolecular Hbond substituents is 1. The van der Waals surface area contributed by atoms with E-state index in [1.807, 2.05) is 0 Å². The molecule has 0 amide bonds. The van der Waals surface area contributed by atoms with Crippen LogP contribution in [0.15, 0.2) is 12.1 Å². The molecule has 0 spiro atoms. The molecule has 1 aromatic rings. The Morgan fingerprint density at radius 1 is 1.08 bits per heavy atom. The van der Waals surface area contributed by atoms with Crippen molar-refractivity contribution in [1.29, 1.82) is 5.26 Å². The highest BCUT2D eigenvalue weighted by molar-refractivity contribution is 5.50. The van der Waals surface area contributed by atoms with Gasteiger partial charge in [-0.3, -0.25) is 4.90 Å². The third kappa shape index (κ3) is 4.54. The number of nitrogens with one attached hydrogen (secondary N) is 1. The summed E-state index contributed by atoms with van der Waals surface area (Å²) in [6, 6.07) is 6.69. The molecule has 1 saturated heterocycles. The van der Waals surface area contributed by atoms with Crippen molar-refractivity contribution in [2.24, 2.45) is 0 Å². The lowest BCUT2D eigenvalue weighted by atomic mass is 9.77. The molecule has 1 aliphatic rings. The quantitative estimate of drug-likeness (QED) is 0.875. The molecule has 1 aliphatic heterocycles. The Kier molecular flexibility index (Phi) is 5.81. The average Bonchev–Trinajstić information content (AvgIpc) is 2.51. The van der Waals surface area contributed by atoms with Gasteiger partial charge in [0.05, 0.1) is 12.5 Å². The topological polar surface area (TPSA) is 59.3 Å². The largest absolute Gasteiger partial charge is 0.507 e. The van der Waals surface area contributed by atoms with Crippen LogP contribution in [0.3, 0.4) is 0 Å². The van der Waals surface area contributed by atoms with Crippen molar-refractivity contribution in [2.75, 3.05) is 26.2 Å². The van der Waals surface area contributed by atoms with E-state index in [1.165, 1.54) is 0 Å². The van der Waals surface area contributed by atoms with E-state index in [1.54, 1.807) is 0 Å². The van der Waals surface area contributed by atoms with E-state index in [2.05, 4.69) is 70.0 Å². The third-order valence-corrected chi connectivity index (χ3v) is 5.01. The molecular weight excluding hydrogens is 310 g/mol. The minimum atomic E-state index is -0.152. The lowest BCUT2D eigenvalue weighted by molar-refractivity contribution is 0.175. The molecule has 138 valence electrons. The summed E-state index contributed by atoms with van der Waals surface area (Å²) in [5, 5.41) is 23.7. The fourth-order valence-corrected chi connectivity index (χ4v) is 3.53. The predicted molar refractivity (Wildman–Crippen MR) is 103 cm³/mol. The highest BCUT2D eigenvalue weighted by Crippen LogP contribution is 2.42. The van der Waals surface area contributed by atoms with Gasteiger partial charge in [-0.15, -0.1) is 0 Å². The van der Waals surface area contributed by atoms with Crippen molar-refractivity contribution >= 4 is 0 Å². The second-order valence-corrected chi connectivity index (χ2v) is 9.13. The van der Waals surface area contributed by atoms with Crippen LogP contribution in [0.4, 0.5) is 0 Å². The molecule has 0 bridgehead atoms. The van der Waals surface area contributed by atoms with Crippen LogP contribution >= 0.6 is 0 Å². The highest BCUT2D eigenvalue weighted by atomic mass is 16.3. The van der Waals surface area contributed by atoms with Gasteiger partial charge in [0.15, 0.2) is 0 Å². The van der Waals surface area contributed by atoms with E-state index in [-0.39, 0.29) is 16.9 Å². The predicted octanol–water partition coefficient (Wildman–Crippen LogP) is 3.85. The fraction of sp³-hybridized carbons (Fsp3) is 0.667. The number of nitrogens with zero attached hydrogens (tertiary/aromatic N) is 2. The summed E-state index contributed by atoms with van der Waals surface area (Å²) in [6.45, 7) is 16.6. The van der Waals surface area contributed by atoms with Gasteiger partial charge in [-0.25, -0.2) is 0 Å². The van der Waals surface area contributed by atoms with Crippen molar-refractivity contribution in [3.63, 3.8) is 0 Å². The molecule has 2 rings (SSSR count). The van der Waals surface area contributed by atoms with Crippen LogP contribution in [0.5, 0.6) is 5.75 Å². The van der Waals surface area contributed by atoms with Gasteiger partial charge < -0.3 is 10.4 Å². The number of hydrogen-bond acceptors (Lipinski definition) is 4. The molecule has 1 atom stereocenters. The second-order valence-electron chi connectivity index (χ2n) is 9.13. The van der Waals surface area contributed by atoms with Gasteiger partial charge in [-0.1, -0.05) is 41.5 Å². The van der Waals surface area contributed by atoms with E-state index < -0.39 is 0 Å². The first-order chi connectivity index (χ1) is 11.6. The van der Waals surface area contributed by atoms with Gasteiger partial charge in [-0.2, -0.15) is 5.26 Å². The Hall–Kier alpha value is -1.57. The molecule has 0 unspecified atom stereocenters. The summed E-state index contributed by atoms with van der Waals surface area (Å²) < 4.78 is 0. The van der Waals surface area contributed by atoms with Gasteiger partial charge in [0.25, 0.3) is 0 Å². The summed E-state index contributed by atoms with van der Waals surface area (Å²) in [7, 11) is 0. The molecule has 4 nitrogen and oxygen atoms in total. The molecule has 1 aromatic carbocycles. The van der Waals surface area contributed by atoms with E-state index in [4.69, 9.17) is 0 Å². The number of hydrogen-bond donors (Lipinski definition) is 2. The van der Waals surface area contributed by atoms with Crippen LogP contribution in [0, 0.1) is 11.3 Å². The maximum atomic E-state index is 10.9. The molecule has 0 saturated carbocycles. The first-order valence-corrected chi connectivity index (χ1v) is 9.25. The van der Waals surface area contributed by atoms with E-state index in [9.17, 15) is 10.4 Å². The summed E-state index contributed by atoms with van der Waals surface area (Å²) in [6.07, 6.45) is 0.470. The standard InChI is InChI=1S/C21H33N3O/c1-20(2,3)16-13-15(14-17(19(16)25)21(4,5)6)18(7-8-22)24-11-9-23-10-12-24/h13-14,18,23,25H,7,9-12H2,1-6H3/t18-/m1/s1. The van der Waals surface area contributed by atoms with E-state index in [0.717, 1.165) is 42.9 Å². The molecule has 0 aliphatic carbocycles. The van der Waals surface area contributed by atoms with Crippen molar-refractivity contribution in [3.05, 3.63) is 28.8 Å². The molecule has 25 heavy (non-hydrogen) atoms. The molecule has 0 radical (unpaired) electrons. The van der Waals surface area contributed by atoms with Crippen LogP contribution in [-0.4, -0.2) is 36.2 Å². The molecule has 1 heterocycles. The number of phenols is 1. The first kappa shape index (κ1) is 19.8. The number of aromatic hydroxyl groups is 1. The summed E-state index contributed by atoms with van der Waals surface area (Å²) >= 11 is 0. The maximum absolute atomic E-state index is 10.9. The van der Waals surface area contributed by atoms with Crippen LogP contribution in [0.25, 0.3) is 0 Å². The van der Waals surface area contributed by atoms with Gasteiger partial charge in [0, 0.05) is 32.2 Å². The van der Waals surface area contributed by atoms with Crippen LogP contribution in [0.1, 0.15) is 70.7 Å². The Morgan fingerprint density at radius 2 is 1.56 bits per heavy atom. The average molecular weight is 344 g/mol. The lowest BCUT2D eigenvalue weighted by Gasteiger charge is -2.36. The Labute approximate surface area is 152 Å². The molecular formula is C21H33N3O. The minimum Gasteiger partial charge on any atom is -0.507 e. The SMILES string of the molecule is CC(C)(C)c1cc([C@@H](CC#N)N2CCNCC2)cc(C(C)(C)C)c1O. The first-order valence-electron chi connectivity index (χ1n) is 9.25. The molecule has 4 heteroatoms. The number of piperazine rings is 1. The lowest BCUT2D eigenvalue weighted by Crippen LogP contribution is -2.45. The molecule has 1 fully saturated rings. The zero-order valence-corrected chi connectivity index (χ0v) is 16.6. The van der Waals surface area contributed by atoms with Gasteiger partial charge in [0.2, 0.25) is 0 Å².